The number of thiophene rings is 1. The van der Waals surface area contributed by atoms with Crippen LogP contribution < -0.4 is 9.80 Å². The first kappa shape index (κ1) is 39.7. The molecule has 0 saturated carbocycles. The Morgan fingerprint density at radius 2 is 0.678 bits per heavy atom. The lowest BCUT2D eigenvalue weighted by Gasteiger charge is -2.28. The molecule has 0 N–H and O–H groups in total. The van der Waals surface area contributed by atoms with Gasteiger partial charge in [-0.25, -0.2) is 0 Å². The molecule has 59 heavy (non-hydrogen) atoms. The van der Waals surface area contributed by atoms with Crippen molar-refractivity contribution in [2.24, 2.45) is 0 Å². The summed E-state index contributed by atoms with van der Waals surface area (Å²) in [4.78, 5) is 7.18. The largest absolute Gasteiger partial charge is 0.345 e. The maximum absolute atomic E-state index is 2.37. The second kappa shape index (κ2) is 16.2. The highest BCUT2D eigenvalue weighted by Crippen LogP contribution is 2.52. The summed E-state index contributed by atoms with van der Waals surface area (Å²) < 4.78 is 0. The second-order valence-corrected chi connectivity index (χ2v) is 18.7. The number of anilines is 5. The van der Waals surface area contributed by atoms with E-state index < -0.39 is 0 Å². The molecule has 0 amide bonds. The Balaban J connectivity index is 1.22. The summed E-state index contributed by atoms with van der Waals surface area (Å²) in [5.74, 6) is 0. The van der Waals surface area contributed by atoms with E-state index in [0.717, 1.165) is 22.7 Å². The van der Waals surface area contributed by atoms with Crippen LogP contribution in [0, 0.1) is 6.92 Å². The van der Waals surface area contributed by atoms with Gasteiger partial charge in [0.15, 0.2) is 0 Å². The highest BCUT2D eigenvalue weighted by atomic mass is 32.1. The summed E-state index contributed by atoms with van der Waals surface area (Å²) >= 11 is 1.88. The van der Waals surface area contributed by atoms with Crippen molar-refractivity contribution in [3.63, 3.8) is 0 Å². The van der Waals surface area contributed by atoms with Gasteiger partial charge in [0, 0.05) is 56.4 Å². The topological polar surface area (TPSA) is 6.48 Å². The fourth-order valence-corrected chi connectivity index (χ4v) is 9.14. The van der Waals surface area contributed by atoms with Gasteiger partial charge in [-0.05, 0) is 112 Å². The first-order valence-corrected chi connectivity index (χ1v) is 21.5. The highest BCUT2D eigenvalue weighted by Gasteiger charge is 2.24. The zero-order chi connectivity index (χ0) is 41.3. The van der Waals surface area contributed by atoms with Gasteiger partial charge in [0.05, 0.1) is 0 Å². The van der Waals surface area contributed by atoms with Crippen molar-refractivity contribution in [1.29, 1.82) is 0 Å². The Morgan fingerprint density at radius 3 is 1.07 bits per heavy atom. The SMILES string of the molecule is Cc1ccc(-c2sc(-c3ccc(N(c4ccc(N(C)c5ccc(C(C)(C)C)cc5)cc4)c4ccc(C(C)(C)C)cc4)cc3)c(-c3ccccc3)c2-c2ccccc2)cc1. The molecule has 1 aromatic heterocycles. The van der Waals surface area contributed by atoms with E-state index in [1.807, 2.05) is 11.3 Å². The molecule has 8 rings (SSSR count). The van der Waals surface area contributed by atoms with Crippen LogP contribution in [0.2, 0.25) is 0 Å². The van der Waals surface area contributed by atoms with Gasteiger partial charge < -0.3 is 9.80 Å². The van der Waals surface area contributed by atoms with Gasteiger partial charge in [-0.2, -0.15) is 0 Å². The van der Waals surface area contributed by atoms with Crippen LogP contribution in [0.3, 0.4) is 0 Å². The maximum Gasteiger partial charge on any atom is 0.0463 e. The molecule has 0 aliphatic carbocycles. The average Bonchev–Trinajstić information content (AvgIpc) is 3.65. The van der Waals surface area contributed by atoms with Gasteiger partial charge in [-0.15, -0.1) is 11.3 Å². The van der Waals surface area contributed by atoms with E-state index in [1.165, 1.54) is 65.5 Å². The number of benzene rings is 7. The molecule has 0 saturated heterocycles. The minimum atomic E-state index is 0.0650. The van der Waals surface area contributed by atoms with E-state index in [9.17, 15) is 0 Å². The van der Waals surface area contributed by atoms with E-state index in [1.54, 1.807) is 0 Å². The van der Waals surface area contributed by atoms with Crippen LogP contribution >= 0.6 is 11.3 Å². The molecular weight excluding hydrogens is 733 g/mol. The fourth-order valence-electron chi connectivity index (χ4n) is 7.78. The van der Waals surface area contributed by atoms with Gasteiger partial charge in [0.25, 0.3) is 0 Å². The maximum atomic E-state index is 2.37. The van der Waals surface area contributed by atoms with Crippen LogP contribution in [0.15, 0.2) is 182 Å². The molecule has 3 heteroatoms. The third-order valence-corrected chi connectivity index (χ3v) is 12.6. The summed E-state index contributed by atoms with van der Waals surface area (Å²) in [5.41, 5.74) is 17.2. The van der Waals surface area contributed by atoms with Crippen LogP contribution in [-0.4, -0.2) is 7.05 Å². The molecule has 0 aliphatic rings. The van der Waals surface area contributed by atoms with E-state index in [0.29, 0.717) is 0 Å². The van der Waals surface area contributed by atoms with Crippen LogP contribution in [0.25, 0.3) is 43.1 Å². The van der Waals surface area contributed by atoms with Crippen LogP contribution in [-0.2, 0) is 10.8 Å². The third-order valence-electron chi connectivity index (χ3n) is 11.3. The molecule has 0 radical (unpaired) electrons. The Kier molecular flexibility index (Phi) is 10.9. The predicted octanol–water partition coefficient (Wildman–Crippen LogP) is 16.6. The van der Waals surface area contributed by atoms with Crippen molar-refractivity contribution in [1.82, 2.24) is 0 Å². The molecule has 0 aliphatic heterocycles. The monoisotopic (exact) mass is 786 g/mol. The standard InChI is InChI=1S/C56H54N2S/c1-39-19-21-42(22-20-39)53-51(40-15-11-9-12-16-40)52(41-17-13-10-14-18-41)54(59-53)43-23-29-48(30-24-43)58(49-33-27-45(28-34-49)56(5,6)7)50-37-35-47(36-38-50)57(8)46-31-25-44(26-32-46)55(2,3)4/h9-38H,1-8H3. The van der Waals surface area contributed by atoms with Crippen molar-refractivity contribution in [3.8, 4) is 43.1 Å². The Hall–Kier alpha value is -6.16. The molecule has 8 aromatic rings. The molecule has 2 nitrogen and oxygen atoms in total. The first-order valence-electron chi connectivity index (χ1n) is 20.7. The lowest BCUT2D eigenvalue weighted by molar-refractivity contribution is 0.590. The highest BCUT2D eigenvalue weighted by molar-refractivity contribution is 7.20. The van der Waals surface area contributed by atoms with Gasteiger partial charge in [-0.1, -0.05) is 168 Å². The zero-order valence-electron chi connectivity index (χ0n) is 35.6. The van der Waals surface area contributed by atoms with Gasteiger partial charge in [0.1, 0.15) is 0 Å². The summed E-state index contributed by atoms with van der Waals surface area (Å²) in [6, 6.07) is 66.9. The summed E-state index contributed by atoms with van der Waals surface area (Å²) in [6.45, 7) is 15.7. The van der Waals surface area contributed by atoms with Gasteiger partial charge >= 0.3 is 0 Å². The van der Waals surface area contributed by atoms with Gasteiger partial charge in [-0.3, -0.25) is 0 Å². The molecule has 1 heterocycles. The van der Waals surface area contributed by atoms with Crippen molar-refractivity contribution in [3.05, 3.63) is 199 Å². The Morgan fingerprint density at radius 1 is 0.356 bits per heavy atom. The number of hydrogen-bond acceptors (Lipinski definition) is 3. The van der Waals surface area contributed by atoms with Crippen molar-refractivity contribution in [2.45, 2.75) is 59.3 Å². The molecule has 7 aromatic carbocycles. The smallest absolute Gasteiger partial charge is 0.0463 e. The van der Waals surface area contributed by atoms with Crippen molar-refractivity contribution >= 4 is 39.8 Å². The summed E-state index contributed by atoms with van der Waals surface area (Å²) in [6.07, 6.45) is 0. The number of rotatable bonds is 9. The molecule has 0 atom stereocenters. The summed E-state index contributed by atoms with van der Waals surface area (Å²) in [5, 5.41) is 0. The number of hydrogen-bond donors (Lipinski definition) is 0. The average molecular weight is 787 g/mol. The van der Waals surface area contributed by atoms with E-state index in [4.69, 9.17) is 0 Å². The lowest BCUT2D eigenvalue weighted by Crippen LogP contribution is -2.14. The minimum Gasteiger partial charge on any atom is -0.345 e. The summed E-state index contributed by atoms with van der Waals surface area (Å²) in [7, 11) is 2.14. The van der Waals surface area contributed by atoms with Crippen LogP contribution in [0.1, 0.15) is 58.2 Å². The Labute approximate surface area is 356 Å². The zero-order valence-corrected chi connectivity index (χ0v) is 36.4. The number of nitrogens with zero attached hydrogens (tertiary/aromatic N) is 2. The molecular formula is C56H54N2S. The molecule has 0 bridgehead atoms. The normalized spacial score (nSPS) is 11.7. The van der Waals surface area contributed by atoms with Crippen LogP contribution in [0.5, 0.6) is 0 Å². The molecule has 0 unspecified atom stereocenters. The van der Waals surface area contributed by atoms with Crippen molar-refractivity contribution in [2.75, 3.05) is 16.8 Å². The van der Waals surface area contributed by atoms with E-state index >= 15 is 0 Å². The molecule has 294 valence electrons. The fraction of sp³-hybridized carbons (Fsp3) is 0.179. The predicted molar refractivity (Wildman–Crippen MR) is 257 cm³/mol. The van der Waals surface area contributed by atoms with Crippen LogP contribution in [0.4, 0.5) is 28.4 Å². The van der Waals surface area contributed by atoms with Crippen molar-refractivity contribution < 1.29 is 0 Å². The Bertz CT molecular complexity index is 2620. The van der Waals surface area contributed by atoms with E-state index in [-0.39, 0.29) is 10.8 Å². The quantitative estimate of drug-likeness (QED) is 0.144. The minimum absolute atomic E-state index is 0.0650. The second-order valence-electron chi connectivity index (χ2n) is 17.7. The number of aryl methyl sites for hydroxylation is 1. The lowest BCUT2D eigenvalue weighted by atomic mass is 9.87. The van der Waals surface area contributed by atoms with Gasteiger partial charge in [0.2, 0.25) is 0 Å². The van der Waals surface area contributed by atoms with E-state index in [2.05, 4.69) is 247 Å². The molecule has 0 spiro atoms. The molecule has 0 fully saturated rings. The third kappa shape index (κ3) is 8.40. The first-order chi connectivity index (χ1) is 28.3.